The van der Waals surface area contributed by atoms with E-state index in [9.17, 15) is 4.79 Å². The van der Waals surface area contributed by atoms with Gasteiger partial charge in [0.2, 0.25) is 0 Å². The molecule has 0 aromatic heterocycles. The number of alkyl carbamates (subject to hydrolysis) is 1. The van der Waals surface area contributed by atoms with E-state index in [4.69, 9.17) is 16.3 Å². The maximum Gasteiger partial charge on any atom is 0.407 e. The van der Waals surface area contributed by atoms with Crippen LogP contribution in [0.5, 0.6) is 0 Å². The summed E-state index contributed by atoms with van der Waals surface area (Å²) in [5.41, 5.74) is 0.645. The van der Waals surface area contributed by atoms with Crippen molar-refractivity contribution in [2.75, 3.05) is 6.54 Å². The van der Waals surface area contributed by atoms with E-state index in [2.05, 4.69) is 26.6 Å². The zero-order valence-corrected chi connectivity index (χ0v) is 15.1. The van der Waals surface area contributed by atoms with Gasteiger partial charge in [-0.1, -0.05) is 17.7 Å². The highest BCUT2D eigenvalue weighted by Gasteiger charge is 2.16. The van der Waals surface area contributed by atoms with Crippen molar-refractivity contribution in [2.45, 2.75) is 45.9 Å². The van der Waals surface area contributed by atoms with Crippen LogP contribution in [0.25, 0.3) is 0 Å². The van der Waals surface area contributed by atoms with Gasteiger partial charge in [0.1, 0.15) is 5.60 Å². The molecule has 0 saturated carbocycles. The summed E-state index contributed by atoms with van der Waals surface area (Å²) in [6, 6.07) is 5.93. The molecule has 0 heterocycles. The minimum absolute atomic E-state index is 0.131. The van der Waals surface area contributed by atoms with Crippen molar-refractivity contribution in [1.82, 2.24) is 10.6 Å². The molecule has 118 valence electrons. The van der Waals surface area contributed by atoms with E-state index in [1.807, 2.05) is 45.9 Å². The van der Waals surface area contributed by atoms with E-state index in [1.165, 1.54) is 0 Å². The molecule has 1 aromatic rings. The first-order valence-electron chi connectivity index (χ1n) is 6.81. The molecule has 2 N–H and O–H groups in total. The number of hydrogen-bond donors (Lipinski definition) is 2. The van der Waals surface area contributed by atoms with Gasteiger partial charge in [-0.3, -0.25) is 0 Å². The Morgan fingerprint density at radius 1 is 1.43 bits per heavy atom. The lowest BCUT2D eigenvalue weighted by Crippen LogP contribution is -2.40. The van der Waals surface area contributed by atoms with Crippen molar-refractivity contribution >= 4 is 33.6 Å². The van der Waals surface area contributed by atoms with Crippen molar-refractivity contribution in [3.63, 3.8) is 0 Å². The monoisotopic (exact) mass is 376 g/mol. The lowest BCUT2D eigenvalue weighted by atomic mass is 10.2. The van der Waals surface area contributed by atoms with Crippen LogP contribution in [-0.4, -0.2) is 24.3 Å². The molecular formula is C15H22BrClN2O2. The SMILES string of the molecule is CC(CNC(=O)OC(C)(C)C)NCc1ccc(Cl)c(Br)c1. The minimum atomic E-state index is -0.476. The molecule has 1 amide bonds. The van der Waals surface area contributed by atoms with Crippen LogP contribution in [0, 0.1) is 0 Å². The maximum atomic E-state index is 11.5. The van der Waals surface area contributed by atoms with Gasteiger partial charge in [-0.2, -0.15) is 0 Å². The molecule has 4 nitrogen and oxygen atoms in total. The number of carbonyl (C=O) groups excluding carboxylic acids is 1. The van der Waals surface area contributed by atoms with Crippen molar-refractivity contribution in [2.24, 2.45) is 0 Å². The Hall–Kier alpha value is -0.780. The first-order valence-corrected chi connectivity index (χ1v) is 7.98. The average Bonchev–Trinajstić information content (AvgIpc) is 2.36. The molecule has 1 atom stereocenters. The van der Waals surface area contributed by atoms with E-state index in [0.717, 1.165) is 10.0 Å². The molecule has 0 bridgehead atoms. The molecule has 0 saturated heterocycles. The van der Waals surface area contributed by atoms with Gasteiger partial charge in [0, 0.05) is 23.6 Å². The van der Waals surface area contributed by atoms with Crippen molar-refractivity contribution < 1.29 is 9.53 Å². The van der Waals surface area contributed by atoms with Crippen LogP contribution in [-0.2, 0) is 11.3 Å². The van der Waals surface area contributed by atoms with Crippen molar-refractivity contribution in [1.29, 1.82) is 0 Å². The highest BCUT2D eigenvalue weighted by molar-refractivity contribution is 9.10. The van der Waals surface area contributed by atoms with E-state index >= 15 is 0 Å². The Labute approximate surface area is 139 Å². The van der Waals surface area contributed by atoms with Crippen LogP contribution in [0.3, 0.4) is 0 Å². The highest BCUT2D eigenvalue weighted by Crippen LogP contribution is 2.23. The lowest BCUT2D eigenvalue weighted by molar-refractivity contribution is 0.0523. The summed E-state index contributed by atoms with van der Waals surface area (Å²) in [6.45, 7) is 8.73. The third-order valence-electron chi connectivity index (χ3n) is 2.59. The number of ether oxygens (including phenoxy) is 1. The Morgan fingerprint density at radius 2 is 2.10 bits per heavy atom. The van der Waals surface area contributed by atoms with Gasteiger partial charge in [0.25, 0.3) is 0 Å². The van der Waals surface area contributed by atoms with Gasteiger partial charge in [0.15, 0.2) is 0 Å². The standard InChI is InChI=1S/C15H22BrClN2O2/c1-10(8-19-14(20)21-15(2,3)4)18-9-11-5-6-13(17)12(16)7-11/h5-7,10,18H,8-9H2,1-4H3,(H,19,20). The second-order valence-electron chi connectivity index (χ2n) is 5.91. The molecule has 1 rings (SSSR count). The Kier molecular flexibility index (Phi) is 6.97. The molecular weight excluding hydrogens is 356 g/mol. The fourth-order valence-corrected chi connectivity index (χ4v) is 2.11. The quantitative estimate of drug-likeness (QED) is 0.812. The number of nitrogens with one attached hydrogen (secondary N) is 2. The fourth-order valence-electron chi connectivity index (χ4n) is 1.56. The van der Waals surface area contributed by atoms with Gasteiger partial charge >= 0.3 is 6.09 Å². The number of hydrogen-bond acceptors (Lipinski definition) is 3. The van der Waals surface area contributed by atoms with E-state index < -0.39 is 11.7 Å². The second-order valence-corrected chi connectivity index (χ2v) is 7.17. The summed E-state index contributed by atoms with van der Waals surface area (Å²) in [6.07, 6.45) is -0.398. The lowest BCUT2D eigenvalue weighted by Gasteiger charge is -2.21. The fraction of sp³-hybridized carbons (Fsp3) is 0.533. The number of halogens is 2. The van der Waals surface area contributed by atoms with E-state index in [0.29, 0.717) is 18.1 Å². The molecule has 1 unspecified atom stereocenters. The molecule has 1 aromatic carbocycles. The summed E-state index contributed by atoms with van der Waals surface area (Å²) in [5.74, 6) is 0. The topological polar surface area (TPSA) is 50.4 Å². The largest absolute Gasteiger partial charge is 0.444 e. The molecule has 6 heteroatoms. The van der Waals surface area contributed by atoms with Crippen molar-refractivity contribution in [3.05, 3.63) is 33.3 Å². The number of amides is 1. The number of carbonyl (C=O) groups is 1. The molecule has 0 aliphatic rings. The minimum Gasteiger partial charge on any atom is -0.444 e. The van der Waals surface area contributed by atoms with Gasteiger partial charge in [0.05, 0.1) is 5.02 Å². The average molecular weight is 378 g/mol. The summed E-state index contributed by atoms with van der Waals surface area (Å²) < 4.78 is 6.06. The molecule has 0 fully saturated rings. The third-order valence-corrected chi connectivity index (χ3v) is 3.80. The van der Waals surface area contributed by atoms with Crippen molar-refractivity contribution in [3.8, 4) is 0 Å². The van der Waals surface area contributed by atoms with Crippen LogP contribution in [0.2, 0.25) is 5.02 Å². The number of benzene rings is 1. The Balaban J connectivity index is 2.32. The Morgan fingerprint density at radius 3 is 2.67 bits per heavy atom. The molecule has 0 radical (unpaired) electrons. The Bertz CT molecular complexity index is 489. The zero-order valence-electron chi connectivity index (χ0n) is 12.8. The predicted molar refractivity (Wildman–Crippen MR) is 89.7 cm³/mol. The van der Waals surface area contributed by atoms with Gasteiger partial charge in [-0.15, -0.1) is 0 Å². The highest BCUT2D eigenvalue weighted by atomic mass is 79.9. The first-order chi connectivity index (χ1) is 9.67. The smallest absolute Gasteiger partial charge is 0.407 e. The van der Waals surface area contributed by atoms with E-state index in [1.54, 1.807) is 0 Å². The number of rotatable bonds is 5. The van der Waals surface area contributed by atoms with Crippen LogP contribution >= 0.6 is 27.5 Å². The van der Waals surface area contributed by atoms with Crippen LogP contribution < -0.4 is 10.6 Å². The van der Waals surface area contributed by atoms with Gasteiger partial charge in [-0.05, 0) is 61.3 Å². The normalized spacial score (nSPS) is 12.9. The van der Waals surface area contributed by atoms with Crippen LogP contribution in [0.4, 0.5) is 4.79 Å². The molecule has 0 aliphatic carbocycles. The van der Waals surface area contributed by atoms with E-state index in [-0.39, 0.29) is 6.04 Å². The zero-order chi connectivity index (χ0) is 16.0. The van der Waals surface area contributed by atoms with Gasteiger partial charge < -0.3 is 15.4 Å². The molecule has 21 heavy (non-hydrogen) atoms. The second kappa shape index (κ2) is 8.01. The summed E-state index contributed by atoms with van der Waals surface area (Å²) in [4.78, 5) is 11.5. The summed E-state index contributed by atoms with van der Waals surface area (Å²) in [7, 11) is 0. The molecule has 0 spiro atoms. The summed E-state index contributed by atoms with van der Waals surface area (Å²) in [5, 5.41) is 6.76. The van der Waals surface area contributed by atoms with Gasteiger partial charge in [-0.25, -0.2) is 4.79 Å². The van der Waals surface area contributed by atoms with Crippen LogP contribution in [0.1, 0.15) is 33.3 Å². The third kappa shape index (κ3) is 7.69. The molecule has 0 aliphatic heterocycles. The predicted octanol–water partition coefficient (Wildman–Crippen LogP) is 4.11. The maximum absolute atomic E-state index is 11.5. The summed E-state index contributed by atoms with van der Waals surface area (Å²) >= 11 is 9.35. The van der Waals surface area contributed by atoms with Crippen LogP contribution in [0.15, 0.2) is 22.7 Å². The first kappa shape index (κ1) is 18.3.